The van der Waals surface area contributed by atoms with E-state index in [-0.39, 0.29) is 17.5 Å². The quantitative estimate of drug-likeness (QED) is 0.755. The minimum atomic E-state index is -0.453. The van der Waals surface area contributed by atoms with Gasteiger partial charge in [-0.2, -0.15) is 0 Å². The van der Waals surface area contributed by atoms with Crippen molar-refractivity contribution in [3.8, 4) is 0 Å². The van der Waals surface area contributed by atoms with Crippen LogP contribution in [0.4, 0.5) is 0 Å². The van der Waals surface area contributed by atoms with Crippen LogP contribution in [-0.4, -0.2) is 23.4 Å². The zero-order valence-electron chi connectivity index (χ0n) is 12.5. The molecule has 1 unspecified atom stereocenters. The molecule has 1 aromatic carbocycles. The standard InChI is InChI=1S/C15H23N3O2/c1-10(14(20)18-15(2,3)4)17-9-11-6-5-7-12(8-11)13(16)19/h5-8,10,17H,9H2,1-4H3,(H2,16,19)(H,18,20). The molecule has 110 valence electrons. The SMILES string of the molecule is CC(NCc1cccc(C(N)=O)c1)C(=O)NC(C)(C)C. The molecule has 0 aromatic heterocycles. The minimum absolute atomic E-state index is 0.0523. The van der Waals surface area contributed by atoms with E-state index in [1.165, 1.54) is 0 Å². The summed E-state index contributed by atoms with van der Waals surface area (Å²) in [6, 6.07) is 6.74. The van der Waals surface area contributed by atoms with Gasteiger partial charge in [-0.15, -0.1) is 0 Å². The molecule has 0 aliphatic heterocycles. The summed E-state index contributed by atoms with van der Waals surface area (Å²) >= 11 is 0. The monoisotopic (exact) mass is 277 g/mol. The molecule has 1 atom stereocenters. The Labute approximate surface area is 119 Å². The first-order chi connectivity index (χ1) is 9.19. The van der Waals surface area contributed by atoms with Crippen LogP contribution in [0.2, 0.25) is 0 Å². The van der Waals surface area contributed by atoms with Gasteiger partial charge in [-0.3, -0.25) is 9.59 Å². The molecule has 0 radical (unpaired) electrons. The Morgan fingerprint density at radius 1 is 1.30 bits per heavy atom. The molecule has 0 bridgehead atoms. The van der Waals surface area contributed by atoms with E-state index in [2.05, 4.69) is 10.6 Å². The molecule has 5 nitrogen and oxygen atoms in total. The Bertz CT molecular complexity index is 492. The summed E-state index contributed by atoms with van der Waals surface area (Å²) in [6.45, 7) is 8.12. The van der Waals surface area contributed by atoms with E-state index in [0.717, 1.165) is 5.56 Å². The van der Waals surface area contributed by atoms with Crippen molar-refractivity contribution in [2.24, 2.45) is 5.73 Å². The highest BCUT2D eigenvalue weighted by Crippen LogP contribution is 2.05. The van der Waals surface area contributed by atoms with Gasteiger partial charge in [0.1, 0.15) is 0 Å². The van der Waals surface area contributed by atoms with Crippen molar-refractivity contribution >= 4 is 11.8 Å². The zero-order chi connectivity index (χ0) is 15.3. The maximum Gasteiger partial charge on any atom is 0.248 e. The molecule has 4 N–H and O–H groups in total. The van der Waals surface area contributed by atoms with Crippen LogP contribution in [0.5, 0.6) is 0 Å². The number of carbonyl (C=O) groups excluding carboxylic acids is 2. The van der Waals surface area contributed by atoms with Crippen LogP contribution in [0.3, 0.4) is 0 Å². The molecule has 5 heteroatoms. The van der Waals surface area contributed by atoms with Crippen LogP contribution in [0.15, 0.2) is 24.3 Å². The second-order valence-corrected chi connectivity index (χ2v) is 5.91. The molecule has 1 aromatic rings. The number of primary amides is 1. The van der Waals surface area contributed by atoms with Crippen molar-refractivity contribution in [3.05, 3.63) is 35.4 Å². The van der Waals surface area contributed by atoms with Crippen LogP contribution in [0, 0.1) is 0 Å². The summed E-state index contributed by atoms with van der Waals surface area (Å²) in [5.74, 6) is -0.506. The van der Waals surface area contributed by atoms with Gasteiger partial charge in [-0.1, -0.05) is 12.1 Å². The van der Waals surface area contributed by atoms with Gasteiger partial charge in [-0.05, 0) is 45.4 Å². The van der Waals surface area contributed by atoms with E-state index in [1.54, 1.807) is 25.1 Å². The fourth-order valence-electron chi connectivity index (χ4n) is 1.68. The molecule has 2 amide bonds. The van der Waals surface area contributed by atoms with Crippen LogP contribution in [-0.2, 0) is 11.3 Å². The predicted molar refractivity (Wildman–Crippen MR) is 79.2 cm³/mol. The smallest absolute Gasteiger partial charge is 0.248 e. The number of hydrogen-bond donors (Lipinski definition) is 3. The van der Waals surface area contributed by atoms with E-state index in [4.69, 9.17) is 5.73 Å². The third kappa shape index (κ3) is 5.40. The third-order valence-electron chi connectivity index (χ3n) is 2.72. The van der Waals surface area contributed by atoms with Crippen molar-refractivity contribution in [2.45, 2.75) is 45.8 Å². The van der Waals surface area contributed by atoms with E-state index < -0.39 is 5.91 Å². The lowest BCUT2D eigenvalue weighted by Gasteiger charge is -2.23. The summed E-state index contributed by atoms with van der Waals surface area (Å²) in [4.78, 5) is 23.0. The number of nitrogens with one attached hydrogen (secondary N) is 2. The molecule has 1 rings (SSSR count). The summed E-state index contributed by atoms with van der Waals surface area (Å²) in [6.07, 6.45) is 0. The van der Waals surface area contributed by atoms with Gasteiger partial charge in [0, 0.05) is 17.6 Å². The highest BCUT2D eigenvalue weighted by atomic mass is 16.2. The van der Waals surface area contributed by atoms with Crippen LogP contribution >= 0.6 is 0 Å². The predicted octanol–water partition coefficient (Wildman–Crippen LogP) is 1.18. The van der Waals surface area contributed by atoms with Crippen molar-refractivity contribution in [1.29, 1.82) is 0 Å². The molecule has 0 aliphatic rings. The van der Waals surface area contributed by atoms with E-state index in [0.29, 0.717) is 12.1 Å². The van der Waals surface area contributed by atoms with Gasteiger partial charge >= 0.3 is 0 Å². The molecular formula is C15H23N3O2. The summed E-state index contributed by atoms with van der Waals surface area (Å²) in [7, 11) is 0. The lowest BCUT2D eigenvalue weighted by Crippen LogP contribution is -2.49. The topological polar surface area (TPSA) is 84.2 Å². The average Bonchev–Trinajstić information content (AvgIpc) is 2.34. The van der Waals surface area contributed by atoms with Crippen LogP contribution in [0.1, 0.15) is 43.6 Å². The van der Waals surface area contributed by atoms with E-state index in [9.17, 15) is 9.59 Å². The number of hydrogen-bond acceptors (Lipinski definition) is 3. The first kappa shape index (κ1) is 16.2. The first-order valence-electron chi connectivity index (χ1n) is 6.63. The number of carbonyl (C=O) groups is 2. The van der Waals surface area contributed by atoms with E-state index in [1.807, 2.05) is 26.8 Å². The molecule has 0 saturated heterocycles. The maximum atomic E-state index is 11.9. The van der Waals surface area contributed by atoms with Crippen molar-refractivity contribution in [1.82, 2.24) is 10.6 Å². The Morgan fingerprint density at radius 2 is 1.95 bits per heavy atom. The zero-order valence-corrected chi connectivity index (χ0v) is 12.5. The maximum absolute atomic E-state index is 11.9. The van der Waals surface area contributed by atoms with Gasteiger partial charge in [-0.25, -0.2) is 0 Å². The first-order valence-corrected chi connectivity index (χ1v) is 6.63. The fraction of sp³-hybridized carbons (Fsp3) is 0.467. The van der Waals surface area contributed by atoms with Gasteiger partial charge in [0.05, 0.1) is 6.04 Å². The summed E-state index contributed by atoms with van der Waals surface area (Å²) in [5.41, 5.74) is 6.36. The van der Waals surface area contributed by atoms with Crippen molar-refractivity contribution < 1.29 is 9.59 Å². The largest absolute Gasteiger partial charge is 0.366 e. The number of benzene rings is 1. The Hall–Kier alpha value is -1.88. The molecule has 0 saturated carbocycles. The normalized spacial score (nSPS) is 12.8. The average molecular weight is 277 g/mol. The summed E-state index contributed by atoms with van der Waals surface area (Å²) < 4.78 is 0. The van der Waals surface area contributed by atoms with Gasteiger partial charge < -0.3 is 16.4 Å². The molecule has 0 fully saturated rings. The van der Waals surface area contributed by atoms with Gasteiger partial charge in [0.15, 0.2) is 0 Å². The Kier molecular flexibility index (Phi) is 5.27. The van der Waals surface area contributed by atoms with E-state index >= 15 is 0 Å². The fourth-order valence-corrected chi connectivity index (χ4v) is 1.68. The van der Waals surface area contributed by atoms with Crippen LogP contribution < -0.4 is 16.4 Å². The number of amides is 2. The second kappa shape index (κ2) is 6.52. The van der Waals surface area contributed by atoms with Crippen molar-refractivity contribution in [3.63, 3.8) is 0 Å². The highest BCUT2D eigenvalue weighted by Gasteiger charge is 2.18. The molecule has 0 aliphatic carbocycles. The lowest BCUT2D eigenvalue weighted by molar-refractivity contribution is -0.124. The Morgan fingerprint density at radius 3 is 2.50 bits per heavy atom. The highest BCUT2D eigenvalue weighted by molar-refractivity contribution is 5.92. The van der Waals surface area contributed by atoms with Crippen molar-refractivity contribution in [2.75, 3.05) is 0 Å². The molecule has 0 heterocycles. The lowest BCUT2D eigenvalue weighted by atomic mass is 10.1. The van der Waals surface area contributed by atoms with Gasteiger partial charge in [0.25, 0.3) is 0 Å². The third-order valence-corrected chi connectivity index (χ3v) is 2.72. The Balaban J connectivity index is 2.56. The molecule has 0 spiro atoms. The number of nitrogens with two attached hydrogens (primary N) is 1. The second-order valence-electron chi connectivity index (χ2n) is 5.91. The number of rotatable bonds is 5. The minimum Gasteiger partial charge on any atom is -0.366 e. The molecular weight excluding hydrogens is 254 g/mol. The summed E-state index contributed by atoms with van der Waals surface area (Å²) in [5, 5.41) is 6.03. The van der Waals surface area contributed by atoms with Gasteiger partial charge in [0.2, 0.25) is 11.8 Å². The molecule has 20 heavy (non-hydrogen) atoms. The van der Waals surface area contributed by atoms with Crippen LogP contribution in [0.25, 0.3) is 0 Å².